The highest BCUT2D eigenvalue weighted by Gasteiger charge is 2.45. The van der Waals surface area contributed by atoms with Gasteiger partial charge in [0.25, 0.3) is 5.56 Å². The first-order chi connectivity index (χ1) is 12.9. The maximum absolute atomic E-state index is 11.9. The first-order valence-corrected chi connectivity index (χ1v) is 9.14. The Labute approximate surface area is 156 Å². The van der Waals surface area contributed by atoms with Gasteiger partial charge in [0.15, 0.2) is 6.23 Å². The first kappa shape index (κ1) is 20.2. The van der Waals surface area contributed by atoms with E-state index in [1.807, 2.05) is 0 Å². The monoisotopic (exact) mass is 385 g/mol. The second-order valence-corrected chi connectivity index (χ2v) is 6.80. The molecule has 2 aliphatic heterocycles. The van der Waals surface area contributed by atoms with Crippen LogP contribution in [0.3, 0.4) is 0 Å². The average molecular weight is 385 g/mol. The number of nitrogens with zero attached hydrogens (tertiary/aromatic N) is 3. The van der Waals surface area contributed by atoms with E-state index in [9.17, 15) is 20.1 Å². The van der Waals surface area contributed by atoms with Crippen molar-refractivity contribution in [3.8, 4) is 6.01 Å². The Morgan fingerprint density at radius 1 is 1.22 bits per heavy atom. The van der Waals surface area contributed by atoms with Crippen molar-refractivity contribution in [2.24, 2.45) is 0 Å². The molecule has 0 saturated carbocycles. The van der Waals surface area contributed by atoms with Crippen LogP contribution in [0.4, 0.5) is 0 Å². The van der Waals surface area contributed by atoms with Crippen molar-refractivity contribution >= 4 is 0 Å². The molecule has 10 nitrogen and oxygen atoms in total. The summed E-state index contributed by atoms with van der Waals surface area (Å²) in [7, 11) is 0. The fraction of sp³-hybridized carbons (Fsp3) is 0.765. The lowest BCUT2D eigenvalue weighted by molar-refractivity contribution is -0.249. The zero-order valence-electron chi connectivity index (χ0n) is 15.5. The van der Waals surface area contributed by atoms with Crippen LogP contribution in [0, 0.1) is 6.92 Å². The summed E-state index contributed by atoms with van der Waals surface area (Å²) in [5.41, 5.74) is -0.0926. The molecule has 2 fully saturated rings. The molecule has 2 aliphatic rings. The molecule has 10 heteroatoms. The van der Waals surface area contributed by atoms with Crippen molar-refractivity contribution in [2.45, 2.75) is 44.5 Å². The number of aliphatic hydroxyl groups excluding tert-OH is 3. The molecule has 0 bridgehead atoms. The lowest BCUT2D eigenvalue weighted by atomic mass is 9.97. The number of hydrogen-bond acceptors (Lipinski definition) is 9. The minimum absolute atomic E-state index is 0.00846. The highest BCUT2D eigenvalue weighted by atomic mass is 16.6. The van der Waals surface area contributed by atoms with Gasteiger partial charge in [-0.2, -0.15) is 4.98 Å². The minimum Gasteiger partial charge on any atom is -0.465 e. The molecule has 152 valence electrons. The molecule has 0 spiro atoms. The van der Waals surface area contributed by atoms with Crippen molar-refractivity contribution in [1.82, 2.24) is 14.5 Å². The van der Waals surface area contributed by atoms with Crippen LogP contribution in [0.2, 0.25) is 0 Å². The number of ether oxygens (including phenoxy) is 3. The van der Waals surface area contributed by atoms with Gasteiger partial charge >= 0.3 is 6.01 Å². The Balaban J connectivity index is 1.87. The molecule has 27 heavy (non-hydrogen) atoms. The second kappa shape index (κ2) is 8.63. The molecule has 0 aliphatic carbocycles. The summed E-state index contributed by atoms with van der Waals surface area (Å²) >= 11 is 0. The van der Waals surface area contributed by atoms with E-state index in [1.165, 1.54) is 10.8 Å². The van der Waals surface area contributed by atoms with Gasteiger partial charge in [-0.3, -0.25) is 14.3 Å². The van der Waals surface area contributed by atoms with E-state index in [4.69, 9.17) is 14.2 Å². The van der Waals surface area contributed by atoms with Crippen molar-refractivity contribution in [3.63, 3.8) is 0 Å². The smallest absolute Gasteiger partial charge is 0.301 e. The quantitative estimate of drug-likeness (QED) is 0.541. The molecule has 1 aromatic heterocycles. The SMILES string of the molecule is CCOc1nc(=O)c(C)cn1[C@@H]1O[C@H](CN2CCOCC2)[C@@H](O)[C@H](O)[C@H]1O. The molecule has 5 atom stereocenters. The third kappa shape index (κ3) is 4.31. The van der Waals surface area contributed by atoms with Crippen LogP contribution >= 0.6 is 0 Å². The van der Waals surface area contributed by atoms with Crippen LogP contribution in [0.1, 0.15) is 18.7 Å². The van der Waals surface area contributed by atoms with Gasteiger partial charge in [-0.1, -0.05) is 0 Å². The third-order valence-corrected chi connectivity index (χ3v) is 4.86. The molecule has 0 unspecified atom stereocenters. The number of aromatic nitrogens is 2. The molecule has 1 aromatic rings. The van der Waals surface area contributed by atoms with Crippen LogP contribution in [-0.4, -0.2) is 93.6 Å². The number of aliphatic hydroxyl groups is 3. The van der Waals surface area contributed by atoms with Crippen LogP contribution < -0.4 is 10.3 Å². The van der Waals surface area contributed by atoms with Gasteiger partial charge in [-0.05, 0) is 13.8 Å². The zero-order chi connectivity index (χ0) is 19.6. The summed E-state index contributed by atoms with van der Waals surface area (Å²) in [6.07, 6.45) is -4.39. The van der Waals surface area contributed by atoms with Crippen LogP contribution in [0.15, 0.2) is 11.0 Å². The zero-order valence-corrected chi connectivity index (χ0v) is 15.5. The van der Waals surface area contributed by atoms with Gasteiger partial charge in [-0.15, -0.1) is 0 Å². The summed E-state index contributed by atoms with van der Waals surface area (Å²) in [6, 6.07) is -0.00846. The number of rotatable bonds is 5. The Morgan fingerprint density at radius 2 is 1.93 bits per heavy atom. The highest BCUT2D eigenvalue weighted by Crippen LogP contribution is 2.31. The molecular formula is C17H27N3O7. The van der Waals surface area contributed by atoms with E-state index in [-0.39, 0.29) is 12.6 Å². The second-order valence-electron chi connectivity index (χ2n) is 6.80. The molecule has 3 heterocycles. The van der Waals surface area contributed by atoms with Gasteiger partial charge in [-0.25, -0.2) is 0 Å². The Bertz CT molecular complexity index is 692. The van der Waals surface area contributed by atoms with E-state index in [0.29, 0.717) is 38.4 Å². The van der Waals surface area contributed by atoms with E-state index in [2.05, 4.69) is 9.88 Å². The van der Waals surface area contributed by atoms with Crippen molar-refractivity contribution < 1.29 is 29.5 Å². The Morgan fingerprint density at radius 3 is 2.59 bits per heavy atom. The number of aryl methyl sites for hydroxylation is 1. The Hall–Kier alpha value is -1.56. The van der Waals surface area contributed by atoms with Gasteiger partial charge in [0.1, 0.15) is 24.4 Å². The van der Waals surface area contributed by atoms with E-state index in [1.54, 1.807) is 13.8 Å². The molecule has 0 amide bonds. The number of morpholine rings is 1. The predicted molar refractivity (Wildman–Crippen MR) is 93.6 cm³/mol. The topological polar surface area (TPSA) is 127 Å². The normalized spacial score (nSPS) is 32.4. The van der Waals surface area contributed by atoms with Crippen molar-refractivity contribution in [1.29, 1.82) is 0 Å². The highest BCUT2D eigenvalue weighted by molar-refractivity contribution is 5.11. The average Bonchev–Trinajstić information content (AvgIpc) is 2.66. The maximum Gasteiger partial charge on any atom is 0.301 e. The number of hydrogen-bond donors (Lipinski definition) is 3. The summed E-state index contributed by atoms with van der Waals surface area (Å²) in [5.74, 6) is 0. The summed E-state index contributed by atoms with van der Waals surface area (Å²) in [4.78, 5) is 17.8. The molecule has 0 radical (unpaired) electrons. The summed E-state index contributed by atoms with van der Waals surface area (Å²) < 4.78 is 18.1. The standard InChI is InChI=1S/C17H27N3O7/c1-3-26-17-18-15(24)10(2)8-20(17)16-14(23)13(22)12(21)11(27-16)9-19-4-6-25-7-5-19/h8,11-14,16,21-23H,3-7,9H2,1-2H3/t11-,12-,13+,14-,16-/m1/s1. The lowest BCUT2D eigenvalue weighted by Crippen LogP contribution is -2.59. The van der Waals surface area contributed by atoms with Gasteiger partial charge in [0.2, 0.25) is 0 Å². The molecule has 3 rings (SSSR count). The van der Waals surface area contributed by atoms with Gasteiger partial charge in [0, 0.05) is 31.4 Å². The van der Waals surface area contributed by atoms with E-state index in [0.717, 1.165) is 0 Å². The Kier molecular flexibility index (Phi) is 6.45. The predicted octanol–water partition coefficient (Wildman–Crippen LogP) is -1.74. The lowest BCUT2D eigenvalue weighted by Gasteiger charge is -2.43. The summed E-state index contributed by atoms with van der Waals surface area (Å²) in [6.45, 7) is 6.55. The van der Waals surface area contributed by atoms with Crippen LogP contribution in [0.25, 0.3) is 0 Å². The summed E-state index contributed by atoms with van der Waals surface area (Å²) in [5, 5.41) is 31.2. The fourth-order valence-electron chi connectivity index (χ4n) is 3.32. The van der Waals surface area contributed by atoms with Gasteiger partial charge < -0.3 is 29.5 Å². The van der Waals surface area contributed by atoms with E-state index >= 15 is 0 Å². The minimum atomic E-state index is -1.41. The van der Waals surface area contributed by atoms with E-state index < -0.39 is 36.2 Å². The molecule has 2 saturated heterocycles. The van der Waals surface area contributed by atoms with Crippen molar-refractivity contribution in [2.75, 3.05) is 39.5 Å². The molecule has 3 N–H and O–H groups in total. The molecular weight excluding hydrogens is 358 g/mol. The van der Waals surface area contributed by atoms with Crippen LogP contribution in [-0.2, 0) is 9.47 Å². The van der Waals surface area contributed by atoms with Crippen molar-refractivity contribution in [3.05, 3.63) is 22.1 Å². The fourth-order valence-corrected chi connectivity index (χ4v) is 3.32. The first-order valence-electron chi connectivity index (χ1n) is 9.14. The molecule has 0 aromatic carbocycles. The third-order valence-electron chi connectivity index (χ3n) is 4.86. The maximum atomic E-state index is 11.9. The van der Waals surface area contributed by atoms with Crippen LogP contribution in [0.5, 0.6) is 6.01 Å². The van der Waals surface area contributed by atoms with Gasteiger partial charge in [0.05, 0.1) is 19.8 Å². The largest absolute Gasteiger partial charge is 0.465 e.